The predicted molar refractivity (Wildman–Crippen MR) is 144 cm³/mol. The summed E-state index contributed by atoms with van der Waals surface area (Å²) < 4.78 is 30.7. The molecular weight excluding hydrogens is 503 g/mol. The molecule has 1 fully saturated rings. The number of urea groups is 1. The summed E-state index contributed by atoms with van der Waals surface area (Å²) in [5.41, 5.74) is 0.0914. The fraction of sp³-hybridized carbons (Fsp3) is 0.333. The fourth-order valence-corrected chi connectivity index (χ4v) is 4.53. The molecule has 39 heavy (non-hydrogen) atoms. The van der Waals surface area contributed by atoms with Crippen molar-refractivity contribution in [3.63, 3.8) is 0 Å². The van der Waals surface area contributed by atoms with Gasteiger partial charge in [-0.1, -0.05) is 36.4 Å². The third-order valence-corrected chi connectivity index (χ3v) is 6.89. The number of para-hydroxylation sites is 1. The molecule has 0 bridgehead atoms. The Morgan fingerprint density at radius 1 is 1.03 bits per heavy atom. The molecule has 4 rings (SSSR count). The second kappa shape index (κ2) is 12.1. The summed E-state index contributed by atoms with van der Waals surface area (Å²) in [6.45, 7) is 2.98. The van der Waals surface area contributed by atoms with Crippen molar-refractivity contribution in [2.45, 2.75) is 38.0 Å². The van der Waals surface area contributed by atoms with E-state index in [0.717, 1.165) is 11.3 Å². The highest BCUT2D eigenvalue weighted by Crippen LogP contribution is 2.26. The van der Waals surface area contributed by atoms with E-state index in [9.17, 15) is 19.1 Å². The van der Waals surface area contributed by atoms with Gasteiger partial charge in [0, 0.05) is 33.0 Å². The van der Waals surface area contributed by atoms with Gasteiger partial charge in [0.05, 0.1) is 19.8 Å². The quantitative estimate of drug-likeness (QED) is 0.350. The van der Waals surface area contributed by atoms with E-state index in [1.54, 1.807) is 49.4 Å². The van der Waals surface area contributed by atoms with Crippen molar-refractivity contribution < 1.29 is 33.3 Å². The summed E-state index contributed by atoms with van der Waals surface area (Å²) in [4.78, 5) is 28.3. The zero-order valence-electron chi connectivity index (χ0n) is 22.3. The normalized spacial score (nSPS) is 16.6. The summed E-state index contributed by atoms with van der Waals surface area (Å²) >= 11 is 0. The molecule has 0 saturated carbocycles. The lowest BCUT2D eigenvalue weighted by atomic mass is 9.96. The number of halogens is 1. The van der Waals surface area contributed by atoms with Crippen molar-refractivity contribution in [1.82, 2.24) is 9.80 Å². The highest BCUT2D eigenvalue weighted by molar-refractivity contribution is 5.78. The smallest absolute Gasteiger partial charge is 0.348 e. The lowest BCUT2D eigenvalue weighted by molar-refractivity contribution is -0.153. The summed E-state index contributed by atoms with van der Waals surface area (Å²) in [5, 5.41) is 9.77. The molecule has 206 valence electrons. The van der Waals surface area contributed by atoms with Gasteiger partial charge in [-0.25, -0.2) is 14.0 Å². The Hall–Kier alpha value is -4.27. The molecule has 1 saturated heterocycles. The van der Waals surface area contributed by atoms with E-state index in [-0.39, 0.29) is 24.2 Å². The first kappa shape index (κ1) is 27.8. The van der Waals surface area contributed by atoms with Crippen LogP contribution in [0.5, 0.6) is 17.2 Å². The highest BCUT2D eigenvalue weighted by Gasteiger charge is 2.37. The van der Waals surface area contributed by atoms with Gasteiger partial charge in [-0.2, -0.15) is 0 Å². The van der Waals surface area contributed by atoms with Gasteiger partial charge in [-0.3, -0.25) is 0 Å². The van der Waals surface area contributed by atoms with Crippen molar-refractivity contribution >= 4 is 12.0 Å². The number of carbonyl (C=O) groups excluding carboxylic acids is 1. The van der Waals surface area contributed by atoms with Gasteiger partial charge in [-0.05, 0) is 54.4 Å². The summed E-state index contributed by atoms with van der Waals surface area (Å²) in [6, 6.07) is 20.5. The molecule has 1 N–H and O–H groups in total. The third-order valence-electron chi connectivity index (χ3n) is 6.89. The van der Waals surface area contributed by atoms with Gasteiger partial charge in [0.2, 0.25) is 5.60 Å². The molecule has 0 radical (unpaired) electrons. The number of rotatable bonds is 12. The van der Waals surface area contributed by atoms with Crippen molar-refractivity contribution in [1.29, 1.82) is 0 Å². The molecular formula is C30H33FN2O6. The third kappa shape index (κ3) is 6.79. The molecule has 1 aliphatic rings. The minimum Gasteiger partial charge on any atom is -0.497 e. The summed E-state index contributed by atoms with van der Waals surface area (Å²) in [5.74, 6) is -0.513. The van der Waals surface area contributed by atoms with Crippen LogP contribution in [0.4, 0.5) is 9.18 Å². The topological polar surface area (TPSA) is 88.5 Å². The Morgan fingerprint density at radius 2 is 1.67 bits per heavy atom. The van der Waals surface area contributed by atoms with Crippen LogP contribution in [0, 0.1) is 5.82 Å². The molecule has 2 unspecified atom stereocenters. The Bertz CT molecular complexity index is 1280. The van der Waals surface area contributed by atoms with Crippen LogP contribution in [0.1, 0.15) is 24.5 Å². The molecule has 2 atom stereocenters. The van der Waals surface area contributed by atoms with E-state index in [2.05, 4.69) is 0 Å². The average Bonchev–Trinajstić information content (AvgIpc) is 3.19. The van der Waals surface area contributed by atoms with Gasteiger partial charge in [0.1, 0.15) is 11.5 Å². The van der Waals surface area contributed by atoms with Gasteiger partial charge in [0.25, 0.3) is 0 Å². The molecule has 1 heterocycles. The van der Waals surface area contributed by atoms with Gasteiger partial charge in [0.15, 0.2) is 11.6 Å². The van der Waals surface area contributed by atoms with Crippen LogP contribution in [0.25, 0.3) is 0 Å². The second-order valence-electron chi connectivity index (χ2n) is 9.80. The minimum absolute atomic E-state index is 0.0146. The molecule has 1 aliphatic heterocycles. The summed E-state index contributed by atoms with van der Waals surface area (Å²) in [6.07, 6.45) is 0.701. The zero-order valence-corrected chi connectivity index (χ0v) is 22.3. The monoisotopic (exact) mass is 536 g/mol. The molecule has 3 aromatic carbocycles. The first-order chi connectivity index (χ1) is 18.7. The van der Waals surface area contributed by atoms with Crippen LogP contribution in [0.15, 0.2) is 72.8 Å². The average molecular weight is 537 g/mol. The van der Waals surface area contributed by atoms with E-state index >= 15 is 0 Å². The van der Waals surface area contributed by atoms with Crippen LogP contribution >= 0.6 is 0 Å². The van der Waals surface area contributed by atoms with Crippen LogP contribution < -0.4 is 14.2 Å². The SMILES string of the molecule is COc1ccc(CN2CC(CCOc3ccc(CC(C)(Oc4ccccc4F)C(=O)O)cc3)N(C)C2=O)cc1. The number of likely N-dealkylation sites (N-methyl/N-ethyl adjacent to an activating group) is 1. The van der Waals surface area contributed by atoms with Crippen molar-refractivity contribution in [2.24, 2.45) is 0 Å². The molecule has 9 heteroatoms. The van der Waals surface area contributed by atoms with Crippen LogP contribution in [-0.2, 0) is 17.8 Å². The van der Waals surface area contributed by atoms with Crippen molar-refractivity contribution in [3.05, 3.63) is 89.7 Å². The van der Waals surface area contributed by atoms with Crippen LogP contribution in [-0.4, -0.2) is 65.9 Å². The zero-order chi connectivity index (χ0) is 28.0. The molecule has 0 aliphatic carbocycles. The number of amides is 2. The maximum Gasteiger partial charge on any atom is 0.348 e. The number of carboxylic acid groups (broad SMARTS) is 1. The number of benzene rings is 3. The maximum absolute atomic E-state index is 14.0. The predicted octanol–water partition coefficient (Wildman–Crippen LogP) is 5.00. The maximum atomic E-state index is 14.0. The largest absolute Gasteiger partial charge is 0.497 e. The first-order valence-corrected chi connectivity index (χ1v) is 12.7. The lowest BCUT2D eigenvalue weighted by Gasteiger charge is -2.26. The van der Waals surface area contributed by atoms with Crippen molar-refractivity contribution in [2.75, 3.05) is 27.3 Å². The van der Waals surface area contributed by atoms with Gasteiger partial charge < -0.3 is 29.1 Å². The highest BCUT2D eigenvalue weighted by atomic mass is 19.1. The fourth-order valence-electron chi connectivity index (χ4n) is 4.53. The van der Waals surface area contributed by atoms with E-state index in [1.807, 2.05) is 29.2 Å². The number of aliphatic carboxylic acids is 1. The Morgan fingerprint density at radius 3 is 2.31 bits per heavy atom. The second-order valence-corrected chi connectivity index (χ2v) is 9.80. The number of ether oxygens (including phenoxy) is 3. The molecule has 3 aromatic rings. The number of hydrogen-bond donors (Lipinski definition) is 1. The number of nitrogens with zero attached hydrogens (tertiary/aromatic N) is 2. The lowest BCUT2D eigenvalue weighted by Crippen LogP contribution is -2.43. The molecule has 2 amide bonds. The van der Waals surface area contributed by atoms with Crippen LogP contribution in [0.2, 0.25) is 0 Å². The van der Waals surface area contributed by atoms with Gasteiger partial charge >= 0.3 is 12.0 Å². The number of methoxy groups -OCH3 is 1. The van der Waals surface area contributed by atoms with Crippen molar-refractivity contribution in [3.8, 4) is 17.2 Å². The Kier molecular flexibility index (Phi) is 8.59. The number of carbonyl (C=O) groups is 2. The number of hydrogen-bond acceptors (Lipinski definition) is 5. The van der Waals surface area contributed by atoms with E-state index in [0.29, 0.717) is 37.4 Å². The van der Waals surface area contributed by atoms with Crippen LogP contribution in [0.3, 0.4) is 0 Å². The summed E-state index contributed by atoms with van der Waals surface area (Å²) in [7, 11) is 3.42. The Balaban J connectivity index is 1.28. The molecule has 0 spiro atoms. The molecule has 0 aromatic heterocycles. The van der Waals surface area contributed by atoms with Gasteiger partial charge in [-0.15, -0.1) is 0 Å². The minimum atomic E-state index is -1.65. The molecule has 8 nitrogen and oxygen atoms in total. The van der Waals surface area contributed by atoms with E-state index in [1.165, 1.54) is 25.1 Å². The van der Waals surface area contributed by atoms with E-state index in [4.69, 9.17) is 14.2 Å². The standard InChI is InChI=1S/C30H33FN2O6/c1-30(28(34)35,39-27-7-5-4-6-26(27)31)18-21-8-14-25(15-9-21)38-17-16-23-20-33(29(36)32(23)2)19-22-10-12-24(37-3)13-11-22/h4-15,23H,16-20H2,1-3H3,(H,34,35). The number of carboxylic acids is 1. The Labute approximate surface area is 227 Å². The first-order valence-electron chi connectivity index (χ1n) is 12.7. The van der Waals surface area contributed by atoms with E-state index < -0.39 is 17.4 Å².